The van der Waals surface area contributed by atoms with E-state index in [1.165, 1.54) is 11.3 Å². The maximum atomic E-state index is 12.3. The number of thiocarbonyl (C=S) groups is 1. The van der Waals surface area contributed by atoms with Gasteiger partial charge in [0.25, 0.3) is 0 Å². The summed E-state index contributed by atoms with van der Waals surface area (Å²) in [5.41, 5.74) is 1.57. The molecule has 0 radical (unpaired) electrons. The Balaban J connectivity index is 2.18. The Morgan fingerprint density at radius 3 is 2.64 bits per heavy atom. The predicted octanol–water partition coefficient (Wildman–Crippen LogP) is 4.92. The predicted molar refractivity (Wildman–Crippen MR) is 109 cm³/mol. The monoisotopic (exact) mass is 376 g/mol. The third-order valence-electron chi connectivity index (χ3n) is 3.52. The van der Waals surface area contributed by atoms with Gasteiger partial charge in [0, 0.05) is 11.4 Å². The number of thiophene rings is 1. The van der Waals surface area contributed by atoms with Gasteiger partial charge in [0.05, 0.1) is 12.2 Å². The first kappa shape index (κ1) is 19.4. The van der Waals surface area contributed by atoms with Gasteiger partial charge in [0.2, 0.25) is 0 Å². The smallest absolute Gasteiger partial charge is 0.341 e. The lowest BCUT2D eigenvalue weighted by atomic mass is 10.1. The molecule has 0 saturated carbocycles. The zero-order valence-corrected chi connectivity index (χ0v) is 16.4. The van der Waals surface area contributed by atoms with Gasteiger partial charge in [-0.15, -0.1) is 11.3 Å². The molecule has 2 N–H and O–H groups in total. The zero-order chi connectivity index (χ0) is 18.2. The van der Waals surface area contributed by atoms with E-state index in [1.54, 1.807) is 6.92 Å². The zero-order valence-electron chi connectivity index (χ0n) is 14.8. The summed E-state index contributed by atoms with van der Waals surface area (Å²) in [6.07, 6.45) is 1.03. The molecule has 1 aromatic carbocycles. The van der Waals surface area contributed by atoms with Crippen molar-refractivity contribution < 1.29 is 9.53 Å². The molecule has 1 aromatic heterocycles. The van der Waals surface area contributed by atoms with Gasteiger partial charge in [-0.25, -0.2) is 4.79 Å². The van der Waals surface area contributed by atoms with Crippen molar-refractivity contribution in [2.45, 2.75) is 27.2 Å². The molecular weight excluding hydrogens is 352 g/mol. The summed E-state index contributed by atoms with van der Waals surface area (Å²) >= 11 is 6.85. The van der Waals surface area contributed by atoms with Crippen LogP contribution in [-0.4, -0.2) is 24.2 Å². The van der Waals surface area contributed by atoms with Gasteiger partial charge in [-0.05, 0) is 43.1 Å². The van der Waals surface area contributed by atoms with E-state index in [2.05, 4.69) is 24.5 Å². The van der Waals surface area contributed by atoms with E-state index < -0.39 is 0 Å². The number of rotatable bonds is 7. The molecule has 0 saturated heterocycles. The second kappa shape index (κ2) is 9.53. The number of benzene rings is 1. The summed E-state index contributed by atoms with van der Waals surface area (Å²) < 4.78 is 5.18. The highest BCUT2D eigenvalue weighted by Crippen LogP contribution is 2.35. The molecule has 0 aliphatic heterocycles. The van der Waals surface area contributed by atoms with Gasteiger partial charge in [0.15, 0.2) is 5.11 Å². The average molecular weight is 377 g/mol. The lowest BCUT2D eigenvalue weighted by Gasteiger charge is -2.11. The van der Waals surface area contributed by atoms with Gasteiger partial charge in [0.1, 0.15) is 5.00 Å². The fraction of sp³-hybridized carbons (Fsp3) is 0.368. The third-order valence-corrected chi connectivity index (χ3v) is 4.87. The molecule has 134 valence electrons. The largest absolute Gasteiger partial charge is 0.462 e. The van der Waals surface area contributed by atoms with E-state index in [0.717, 1.165) is 23.4 Å². The van der Waals surface area contributed by atoms with Crippen LogP contribution in [0, 0.1) is 5.92 Å². The number of carbonyl (C=O) groups is 1. The average Bonchev–Trinajstić information content (AvgIpc) is 2.99. The Labute approximate surface area is 158 Å². The second-order valence-electron chi connectivity index (χ2n) is 6.00. The van der Waals surface area contributed by atoms with Crippen molar-refractivity contribution >= 4 is 39.6 Å². The molecule has 0 aliphatic carbocycles. The minimum Gasteiger partial charge on any atom is -0.462 e. The molecule has 0 spiro atoms. The first-order chi connectivity index (χ1) is 12.0. The van der Waals surface area contributed by atoms with Crippen LogP contribution in [0.3, 0.4) is 0 Å². The van der Waals surface area contributed by atoms with Crippen LogP contribution < -0.4 is 10.6 Å². The van der Waals surface area contributed by atoms with Gasteiger partial charge in [-0.1, -0.05) is 44.2 Å². The molecule has 0 aliphatic rings. The number of ether oxygens (including phenoxy) is 1. The first-order valence-corrected chi connectivity index (χ1v) is 9.65. The number of hydrogen-bond acceptors (Lipinski definition) is 4. The number of carbonyl (C=O) groups excluding carboxylic acids is 1. The Hall–Kier alpha value is -1.92. The van der Waals surface area contributed by atoms with Crippen LogP contribution in [0.1, 0.15) is 37.6 Å². The summed E-state index contributed by atoms with van der Waals surface area (Å²) in [5.74, 6) is 0.269. The third kappa shape index (κ3) is 5.83. The van der Waals surface area contributed by atoms with Crippen LogP contribution in [0.25, 0.3) is 10.4 Å². The topological polar surface area (TPSA) is 50.4 Å². The molecule has 0 fully saturated rings. The maximum Gasteiger partial charge on any atom is 0.341 e. The Morgan fingerprint density at radius 2 is 2.00 bits per heavy atom. The lowest BCUT2D eigenvalue weighted by molar-refractivity contribution is 0.0528. The van der Waals surface area contributed by atoms with E-state index in [0.29, 0.717) is 28.2 Å². The molecule has 25 heavy (non-hydrogen) atoms. The normalized spacial score (nSPS) is 10.6. The fourth-order valence-corrected chi connectivity index (χ4v) is 3.54. The van der Waals surface area contributed by atoms with E-state index in [9.17, 15) is 4.79 Å². The quantitative estimate of drug-likeness (QED) is 0.530. The van der Waals surface area contributed by atoms with Gasteiger partial charge in [-0.2, -0.15) is 0 Å². The van der Waals surface area contributed by atoms with Crippen molar-refractivity contribution in [3.05, 3.63) is 42.0 Å². The Morgan fingerprint density at radius 1 is 1.28 bits per heavy atom. The lowest BCUT2D eigenvalue weighted by Crippen LogP contribution is -2.30. The summed E-state index contributed by atoms with van der Waals surface area (Å²) in [4.78, 5) is 13.3. The van der Waals surface area contributed by atoms with Crippen molar-refractivity contribution in [3.8, 4) is 10.4 Å². The van der Waals surface area contributed by atoms with Crippen LogP contribution in [0.4, 0.5) is 5.00 Å². The van der Waals surface area contributed by atoms with Gasteiger partial charge in [-0.3, -0.25) is 0 Å². The highest BCUT2D eigenvalue weighted by Gasteiger charge is 2.18. The molecular formula is C19H24N2O2S2. The Bertz CT molecular complexity index is 711. The minimum absolute atomic E-state index is 0.339. The van der Waals surface area contributed by atoms with Crippen LogP contribution in [0.15, 0.2) is 36.4 Å². The van der Waals surface area contributed by atoms with E-state index in [4.69, 9.17) is 17.0 Å². The molecule has 6 heteroatoms. The van der Waals surface area contributed by atoms with Crippen LogP contribution in [0.5, 0.6) is 0 Å². The SMILES string of the molecule is CCOC(=O)c1cc(-c2ccccc2)sc1NC(=S)NCCC(C)C. The van der Waals surface area contributed by atoms with Crippen LogP contribution in [0.2, 0.25) is 0 Å². The van der Waals surface area contributed by atoms with Gasteiger partial charge < -0.3 is 15.4 Å². The number of anilines is 1. The standard InChI is InChI=1S/C19H24N2O2S2/c1-4-23-18(22)15-12-16(14-8-6-5-7-9-14)25-17(15)21-19(24)20-11-10-13(2)3/h5-9,12-13H,4,10-11H2,1-3H3,(H2,20,21,24). The molecule has 2 rings (SSSR count). The van der Waals surface area contributed by atoms with Gasteiger partial charge >= 0.3 is 5.97 Å². The van der Waals surface area contributed by atoms with Crippen LogP contribution in [-0.2, 0) is 4.74 Å². The van der Waals surface area contributed by atoms with E-state index >= 15 is 0 Å². The van der Waals surface area contributed by atoms with Crippen LogP contribution >= 0.6 is 23.6 Å². The molecule has 1 heterocycles. The highest BCUT2D eigenvalue weighted by atomic mass is 32.1. The summed E-state index contributed by atoms with van der Waals surface area (Å²) in [7, 11) is 0. The Kier molecular flexibility index (Phi) is 7.40. The van der Waals surface area contributed by atoms with E-state index in [-0.39, 0.29) is 5.97 Å². The van der Waals surface area contributed by atoms with Crippen molar-refractivity contribution in [3.63, 3.8) is 0 Å². The maximum absolute atomic E-state index is 12.3. The number of nitrogens with one attached hydrogen (secondary N) is 2. The highest BCUT2D eigenvalue weighted by molar-refractivity contribution is 7.80. The summed E-state index contributed by atoms with van der Waals surface area (Å²) in [6.45, 7) is 7.28. The van der Waals surface area contributed by atoms with Crippen molar-refractivity contribution in [1.82, 2.24) is 5.32 Å². The fourth-order valence-electron chi connectivity index (χ4n) is 2.21. The second-order valence-corrected chi connectivity index (χ2v) is 7.46. The van der Waals surface area contributed by atoms with Crippen molar-refractivity contribution in [2.24, 2.45) is 5.92 Å². The summed E-state index contributed by atoms with van der Waals surface area (Å²) in [5, 5.41) is 7.56. The van der Waals surface area contributed by atoms with E-state index in [1.807, 2.05) is 36.4 Å². The molecule has 2 aromatic rings. The molecule has 4 nitrogen and oxygen atoms in total. The number of hydrogen-bond donors (Lipinski definition) is 2. The molecule has 0 atom stereocenters. The molecule has 0 bridgehead atoms. The molecule has 0 amide bonds. The summed E-state index contributed by atoms with van der Waals surface area (Å²) in [6, 6.07) is 11.8. The van der Waals surface area contributed by atoms with Crippen molar-refractivity contribution in [1.29, 1.82) is 0 Å². The minimum atomic E-state index is -0.339. The molecule has 0 unspecified atom stereocenters. The number of esters is 1. The first-order valence-electron chi connectivity index (χ1n) is 8.42. The van der Waals surface area contributed by atoms with Crippen molar-refractivity contribution in [2.75, 3.05) is 18.5 Å².